The van der Waals surface area contributed by atoms with E-state index in [1.54, 1.807) is 13.8 Å². The van der Waals surface area contributed by atoms with E-state index in [1.165, 1.54) is 12.8 Å². The second-order valence-corrected chi connectivity index (χ2v) is 4.98. The highest BCUT2D eigenvalue weighted by molar-refractivity contribution is 5.78. The summed E-state index contributed by atoms with van der Waals surface area (Å²) in [5.74, 6) is -0.999. The van der Waals surface area contributed by atoms with Gasteiger partial charge in [-0.1, -0.05) is 0 Å². The molecule has 0 aliphatic heterocycles. The third kappa shape index (κ3) is 5.70. The number of rotatable bonds is 7. The van der Waals surface area contributed by atoms with Gasteiger partial charge >= 0.3 is 5.97 Å². The Morgan fingerprint density at radius 3 is 2.50 bits per heavy atom. The first-order valence-electron chi connectivity index (χ1n) is 5.65. The van der Waals surface area contributed by atoms with Crippen molar-refractivity contribution < 1.29 is 14.7 Å². The number of amides is 1. The summed E-state index contributed by atoms with van der Waals surface area (Å²) in [5, 5.41) is 14.6. The van der Waals surface area contributed by atoms with Crippen LogP contribution in [0.3, 0.4) is 0 Å². The van der Waals surface area contributed by atoms with Crippen molar-refractivity contribution in [3.8, 4) is 0 Å². The lowest BCUT2D eigenvalue weighted by Gasteiger charge is -2.24. The van der Waals surface area contributed by atoms with Crippen molar-refractivity contribution in [2.75, 3.05) is 6.54 Å². The third-order valence-corrected chi connectivity index (χ3v) is 2.43. The fourth-order valence-corrected chi connectivity index (χ4v) is 1.54. The number of carboxylic acid groups (broad SMARTS) is 1. The molecule has 0 aromatic heterocycles. The van der Waals surface area contributed by atoms with E-state index in [0.29, 0.717) is 19.0 Å². The normalized spacial score (nSPS) is 15.9. The first-order chi connectivity index (χ1) is 7.39. The summed E-state index contributed by atoms with van der Waals surface area (Å²) in [6.07, 6.45) is 2.74. The monoisotopic (exact) mass is 228 g/mol. The van der Waals surface area contributed by atoms with E-state index >= 15 is 0 Å². The second-order valence-electron chi connectivity index (χ2n) is 4.98. The molecule has 1 rings (SSSR count). The zero-order chi connectivity index (χ0) is 12.2. The van der Waals surface area contributed by atoms with Gasteiger partial charge in [0.15, 0.2) is 0 Å². The molecule has 0 aromatic carbocycles. The van der Waals surface area contributed by atoms with E-state index in [0.717, 1.165) is 0 Å². The van der Waals surface area contributed by atoms with E-state index in [4.69, 9.17) is 5.11 Å². The van der Waals surface area contributed by atoms with Crippen molar-refractivity contribution in [2.24, 2.45) is 0 Å². The van der Waals surface area contributed by atoms with Crippen LogP contribution in [-0.2, 0) is 9.59 Å². The first-order valence-corrected chi connectivity index (χ1v) is 5.65. The minimum absolute atomic E-state index is 0.0607. The van der Waals surface area contributed by atoms with Gasteiger partial charge in [-0.15, -0.1) is 0 Å². The van der Waals surface area contributed by atoms with Gasteiger partial charge < -0.3 is 15.7 Å². The highest BCUT2D eigenvalue weighted by Crippen LogP contribution is 2.18. The average Bonchev–Trinajstić information content (AvgIpc) is 2.83. The number of aliphatic carboxylic acids is 1. The number of carbonyl (C=O) groups excluding carboxylic acids is 1. The topological polar surface area (TPSA) is 78.4 Å². The fraction of sp³-hybridized carbons (Fsp3) is 0.818. The lowest BCUT2D eigenvalue weighted by molar-refractivity contribution is -0.138. The van der Waals surface area contributed by atoms with Crippen molar-refractivity contribution in [3.05, 3.63) is 0 Å². The zero-order valence-electron chi connectivity index (χ0n) is 9.88. The Hall–Kier alpha value is -1.10. The van der Waals surface area contributed by atoms with Crippen LogP contribution in [0.2, 0.25) is 0 Å². The summed E-state index contributed by atoms with van der Waals surface area (Å²) < 4.78 is 0. The van der Waals surface area contributed by atoms with E-state index in [9.17, 15) is 9.59 Å². The van der Waals surface area contributed by atoms with Gasteiger partial charge in [-0.3, -0.25) is 9.59 Å². The lowest BCUT2D eigenvalue weighted by atomic mass is 10.0. The molecule has 16 heavy (non-hydrogen) atoms. The molecular formula is C11H20N2O3. The Morgan fingerprint density at radius 1 is 1.38 bits per heavy atom. The quantitative estimate of drug-likeness (QED) is 0.593. The highest BCUT2D eigenvalue weighted by atomic mass is 16.4. The largest absolute Gasteiger partial charge is 0.481 e. The van der Waals surface area contributed by atoms with Gasteiger partial charge in [0.25, 0.3) is 0 Å². The molecule has 0 bridgehead atoms. The first kappa shape index (κ1) is 13.0. The molecule has 1 fully saturated rings. The maximum absolute atomic E-state index is 11.5. The van der Waals surface area contributed by atoms with Crippen LogP contribution in [0.5, 0.6) is 0 Å². The number of carboxylic acids is 1. The number of hydrogen-bond donors (Lipinski definition) is 3. The molecule has 0 unspecified atom stereocenters. The zero-order valence-corrected chi connectivity index (χ0v) is 9.88. The Balaban J connectivity index is 2.17. The second kappa shape index (κ2) is 5.30. The summed E-state index contributed by atoms with van der Waals surface area (Å²) in [5.41, 5.74) is -0.678. The van der Waals surface area contributed by atoms with Crippen molar-refractivity contribution in [3.63, 3.8) is 0 Å². The molecule has 5 nitrogen and oxygen atoms in total. The van der Waals surface area contributed by atoms with Crippen LogP contribution < -0.4 is 10.6 Å². The maximum atomic E-state index is 11.5. The van der Waals surface area contributed by atoms with Crippen LogP contribution in [0.4, 0.5) is 0 Å². The minimum atomic E-state index is -0.901. The summed E-state index contributed by atoms with van der Waals surface area (Å²) in [6.45, 7) is 4.10. The number of carbonyl (C=O) groups is 2. The van der Waals surface area contributed by atoms with E-state index in [2.05, 4.69) is 10.6 Å². The van der Waals surface area contributed by atoms with Gasteiger partial charge in [0.1, 0.15) is 0 Å². The predicted molar refractivity (Wildman–Crippen MR) is 60.1 cm³/mol. The number of hydrogen-bond acceptors (Lipinski definition) is 3. The Bertz CT molecular complexity index is 272. The third-order valence-electron chi connectivity index (χ3n) is 2.43. The van der Waals surface area contributed by atoms with Crippen LogP contribution in [0.15, 0.2) is 0 Å². The predicted octanol–water partition coefficient (Wildman–Crippen LogP) is 0.498. The summed E-state index contributed by atoms with van der Waals surface area (Å²) >= 11 is 0. The number of nitrogens with one attached hydrogen (secondary N) is 2. The smallest absolute Gasteiger partial charge is 0.305 e. The SMILES string of the molecule is CC(C)(CC(=O)O)NC(=O)CCNC1CC1. The molecule has 3 N–H and O–H groups in total. The molecule has 1 aliphatic rings. The van der Waals surface area contributed by atoms with Gasteiger partial charge in [0, 0.05) is 24.5 Å². The van der Waals surface area contributed by atoms with Crippen molar-refractivity contribution in [2.45, 2.75) is 51.1 Å². The van der Waals surface area contributed by atoms with Gasteiger partial charge in [-0.05, 0) is 26.7 Å². The molecule has 0 atom stereocenters. The standard InChI is InChI=1S/C11H20N2O3/c1-11(2,7-10(15)16)13-9(14)5-6-12-8-3-4-8/h8,12H,3-7H2,1-2H3,(H,13,14)(H,15,16). The van der Waals surface area contributed by atoms with Gasteiger partial charge in [-0.25, -0.2) is 0 Å². The minimum Gasteiger partial charge on any atom is -0.481 e. The molecule has 1 amide bonds. The molecule has 0 spiro atoms. The highest BCUT2D eigenvalue weighted by Gasteiger charge is 2.24. The summed E-state index contributed by atoms with van der Waals surface area (Å²) in [7, 11) is 0. The Kier molecular flexibility index (Phi) is 4.29. The van der Waals surface area contributed by atoms with Crippen LogP contribution in [0.25, 0.3) is 0 Å². The average molecular weight is 228 g/mol. The molecule has 0 heterocycles. The summed E-state index contributed by atoms with van der Waals surface area (Å²) in [6, 6.07) is 0.597. The van der Waals surface area contributed by atoms with E-state index < -0.39 is 11.5 Å². The van der Waals surface area contributed by atoms with Crippen LogP contribution >= 0.6 is 0 Å². The Morgan fingerprint density at radius 2 is 2.00 bits per heavy atom. The van der Waals surface area contributed by atoms with Crippen molar-refractivity contribution >= 4 is 11.9 Å². The molecule has 0 aromatic rings. The van der Waals surface area contributed by atoms with Gasteiger partial charge in [0.2, 0.25) is 5.91 Å². The fourth-order valence-electron chi connectivity index (χ4n) is 1.54. The van der Waals surface area contributed by atoms with Crippen LogP contribution in [-0.4, -0.2) is 35.1 Å². The van der Waals surface area contributed by atoms with E-state index in [-0.39, 0.29) is 12.3 Å². The molecule has 92 valence electrons. The van der Waals surface area contributed by atoms with Crippen LogP contribution in [0.1, 0.15) is 39.5 Å². The van der Waals surface area contributed by atoms with Crippen LogP contribution in [0, 0.1) is 0 Å². The van der Waals surface area contributed by atoms with E-state index in [1.807, 2.05) is 0 Å². The molecule has 1 aliphatic carbocycles. The lowest BCUT2D eigenvalue weighted by Crippen LogP contribution is -2.45. The molecule has 0 saturated heterocycles. The summed E-state index contributed by atoms with van der Waals surface area (Å²) in [4.78, 5) is 22.0. The van der Waals surface area contributed by atoms with Crippen molar-refractivity contribution in [1.29, 1.82) is 0 Å². The Labute approximate surface area is 95.6 Å². The maximum Gasteiger partial charge on any atom is 0.305 e. The molecule has 1 saturated carbocycles. The molecule has 5 heteroatoms. The van der Waals surface area contributed by atoms with Gasteiger partial charge in [0.05, 0.1) is 6.42 Å². The van der Waals surface area contributed by atoms with Gasteiger partial charge in [-0.2, -0.15) is 0 Å². The molecule has 0 radical (unpaired) electrons. The molecular weight excluding hydrogens is 208 g/mol. The van der Waals surface area contributed by atoms with Crippen molar-refractivity contribution in [1.82, 2.24) is 10.6 Å².